The molecule has 13 rings (SSSR count). The fraction of sp³-hybridized carbons (Fsp3) is 0. The molecule has 0 unspecified atom stereocenters. The number of para-hydroxylation sites is 1. The lowest BCUT2D eigenvalue weighted by atomic mass is 10.00. The Morgan fingerprint density at radius 3 is 1.75 bits per heavy atom. The fourth-order valence-electron chi connectivity index (χ4n) is 9.23. The lowest BCUT2D eigenvalue weighted by Gasteiger charge is -2.13. The Hall–Kier alpha value is -7.67. The number of aromatic nitrogens is 4. The van der Waals surface area contributed by atoms with E-state index in [1.54, 1.807) is 11.3 Å². The van der Waals surface area contributed by atoms with Crippen molar-refractivity contribution in [2.24, 2.45) is 0 Å². The first-order valence-electron chi connectivity index (χ1n) is 19.8. The molecule has 0 aliphatic heterocycles. The highest BCUT2D eigenvalue weighted by atomic mass is 32.1. The Balaban J connectivity index is 1.16. The summed E-state index contributed by atoms with van der Waals surface area (Å²) < 4.78 is 11.1. The molecular weight excluding hydrogens is 741 g/mol. The van der Waals surface area contributed by atoms with Gasteiger partial charge in [-0.3, -0.25) is 0 Å². The average molecular weight is 771 g/mol. The molecule has 0 N–H and O–H groups in total. The predicted octanol–water partition coefficient (Wildman–Crippen LogP) is 14.5. The second-order valence-corrected chi connectivity index (χ2v) is 16.2. The topological polar surface area (TPSA) is 56.7 Å². The van der Waals surface area contributed by atoms with E-state index < -0.39 is 0 Å². The summed E-state index contributed by atoms with van der Waals surface area (Å²) in [7, 11) is 0. The predicted molar refractivity (Wildman–Crippen MR) is 246 cm³/mol. The number of nitrogens with zero attached hydrogens (tertiary/aromatic N) is 4. The van der Waals surface area contributed by atoms with E-state index in [9.17, 15) is 0 Å². The molecule has 9 aromatic carbocycles. The summed E-state index contributed by atoms with van der Waals surface area (Å²) in [5.41, 5.74) is 7.77. The van der Waals surface area contributed by atoms with Gasteiger partial charge in [-0.05, 0) is 64.0 Å². The minimum atomic E-state index is 0.598. The minimum absolute atomic E-state index is 0.598. The Morgan fingerprint density at radius 2 is 1.00 bits per heavy atom. The molecule has 0 radical (unpaired) electrons. The summed E-state index contributed by atoms with van der Waals surface area (Å²) in [5, 5.41) is 11.8. The van der Waals surface area contributed by atoms with Crippen LogP contribution in [0.2, 0.25) is 0 Å². The molecule has 0 aliphatic carbocycles. The second-order valence-electron chi connectivity index (χ2n) is 15.1. The molecule has 274 valence electrons. The zero-order chi connectivity index (χ0) is 38.6. The second kappa shape index (κ2) is 12.4. The maximum Gasteiger partial charge on any atom is 0.165 e. The monoisotopic (exact) mass is 770 g/mol. The molecule has 0 saturated carbocycles. The van der Waals surface area contributed by atoms with Crippen LogP contribution >= 0.6 is 11.3 Å². The molecule has 0 bridgehead atoms. The first-order chi connectivity index (χ1) is 29.2. The van der Waals surface area contributed by atoms with Crippen LogP contribution in [0.1, 0.15) is 0 Å². The van der Waals surface area contributed by atoms with Crippen molar-refractivity contribution in [2.75, 3.05) is 0 Å². The lowest BCUT2D eigenvalue weighted by molar-refractivity contribution is 0.669. The van der Waals surface area contributed by atoms with Gasteiger partial charge in [-0.25, -0.2) is 15.0 Å². The van der Waals surface area contributed by atoms with Crippen molar-refractivity contribution in [2.45, 2.75) is 0 Å². The van der Waals surface area contributed by atoms with Crippen LogP contribution < -0.4 is 0 Å². The summed E-state index contributed by atoms with van der Waals surface area (Å²) in [5.74, 6) is 1.83. The van der Waals surface area contributed by atoms with E-state index in [-0.39, 0.29) is 0 Å². The highest BCUT2D eigenvalue weighted by molar-refractivity contribution is 7.26. The summed E-state index contributed by atoms with van der Waals surface area (Å²) in [6.45, 7) is 0. The van der Waals surface area contributed by atoms with Crippen molar-refractivity contribution in [3.8, 4) is 39.9 Å². The highest BCUT2D eigenvalue weighted by Gasteiger charge is 2.23. The third-order valence-corrected chi connectivity index (χ3v) is 13.0. The van der Waals surface area contributed by atoms with Crippen LogP contribution in [-0.2, 0) is 0 Å². The van der Waals surface area contributed by atoms with Gasteiger partial charge >= 0.3 is 0 Å². The SMILES string of the molecule is c1ccc(-c2nc(-c3cc(-n4c5ccc6ccccc6c5c5c6ccccc6ccc54)cc4c3sc3ccccc34)nc(-c3cccc4oc5ccccc5c34)n2)cc1. The average Bonchev–Trinajstić information content (AvgIpc) is 3.99. The number of thiophene rings is 1. The molecule has 0 spiro atoms. The first-order valence-corrected chi connectivity index (χ1v) is 20.6. The van der Waals surface area contributed by atoms with Gasteiger partial charge < -0.3 is 8.98 Å². The van der Waals surface area contributed by atoms with Crippen molar-refractivity contribution < 1.29 is 4.42 Å². The van der Waals surface area contributed by atoms with Crippen LogP contribution in [0, 0.1) is 0 Å². The maximum absolute atomic E-state index is 6.34. The third-order valence-electron chi connectivity index (χ3n) is 11.8. The third kappa shape index (κ3) is 4.81. The quantitative estimate of drug-likeness (QED) is 0.179. The molecule has 59 heavy (non-hydrogen) atoms. The molecule has 4 heterocycles. The first kappa shape index (κ1) is 32.4. The van der Waals surface area contributed by atoms with E-state index in [1.165, 1.54) is 47.8 Å². The van der Waals surface area contributed by atoms with E-state index >= 15 is 0 Å². The standard InChI is InChI=1S/C53H30N4OS/c1-2-15-33(16-3-1)51-54-52(39-21-12-23-45-47(39)38-20-8-10-22-44(38)58-45)56-53(55-51)41-30-34(29-40-37-19-9-11-24-46(37)59-50(40)41)57-42-27-25-31-13-4-6-17-35(31)48(42)49-36-18-7-5-14-32(36)26-28-43(49)57/h1-30H. The van der Waals surface area contributed by atoms with Gasteiger partial charge in [-0.2, -0.15) is 0 Å². The van der Waals surface area contributed by atoms with Gasteiger partial charge in [0.25, 0.3) is 0 Å². The molecule has 0 aliphatic rings. The van der Waals surface area contributed by atoms with E-state index in [0.29, 0.717) is 17.5 Å². The number of benzene rings is 9. The fourth-order valence-corrected chi connectivity index (χ4v) is 10.4. The van der Waals surface area contributed by atoms with Gasteiger partial charge in [0.05, 0.1) is 11.0 Å². The number of hydrogen-bond donors (Lipinski definition) is 0. The Morgan fingerprint density at radius 1 is 0.407 bits per heavy atom. The zero-order valence-corrected chi connectivity index (χ0v) is 32.2. The summed E-state index contributed by atoms with van der Waals surface area (Å²) in [6.07, 6.45) is 0. The van der Waals surface area contributed by atoms with Crippen molar-refractivity contribution in [3.63, 3.8) is 0 Å². The van der Waals surface area contributed by atoms with Crippen LogP contribution in [0.25, 0.3) is 125 Å². The highest BCUT2D eigenvalue weighted by Crippen LogP contribution is 2.45. The maximum atomic E-state index is 6.34. The number of furan rings is 1. The normalized spacial score (nSPS) is 12.1. The van der Waals surface area contributed by atoms with Gasteiger partial charge in [0, 0.05) is 64.1 Å². The molecule has 13 aromatic rings. The summed E-state index contributed by atoms with van der Waals surface area (Å²) >= 11 is 1.78. The number of hydrogen-bond acceptors (Lipinski definition) is 5. The van der Waals surface area contributed by atoms with Crippen LogP contribution in [0.4, 0.5) is 0 Å². The van der Waals surface area contributed by atoms with Gasteiger partial charge in [0.15, 0.2) is 17.5 Å². The van der Waals surface area contributed by atoms with Gasteiger partial charge in [0.2, 0.25) is 0 Å². The number of rotatable bonds is 4. The Labute approximate surface area is 341 Å². The molecular formula is C53H30N4OS. The van der Waals surface area contributed by atoms with Crippen molar-refractivity contribution in [3.05, 3.63) is 182 Å². The minimum Gasteiger partial charge on any atom is -0.456 e. The van der Waals surface area contributed by atoms with Crippen molar-refractivity contribution in [1.29, 1.82) is 0 Å². The van der Waals surface area contributed by atoms with E-state index in [4.69, 9.17) is 19.4 Å². The smallest absolute Gasteiger partial charge is 0.165 e. The molecule has 0 fully saturated rings. The van der Waals surface area contributed by atoms with Crippen molar-refractivity contribution in [1.82, 2.24) is 19.5 Å². The largest absolute Gasteiger partial charge is 0.456 e. The molecule has 6 heteroatoms. The van der Waals surface area contributed by atoms with Gasteiger partial charge in [0.1, 0.15) is 11.2 Å². The Kier molecular flexibility index (Phi) is 6.82. The van der Waals surface area contributed by atoms with Crippen LogP contribution in [0.5, 0.6) is 0 Å². The Bertz CT molecular complexity index is 3770. The lowest BCUT2D eigenvalue weighted by Crippen LogP contribution is -2.01. The molecule has 0 atom stereocenters. The van der Waals surface area contributed by atoms with Crippen LogP contribution in [-0.4, -0.2) is 19.5 Å². The molecule has 5 nitrogen and oxygen atoms in total. The van der Waals surface area contributed by atoms with E-state index in [0.717, 1.165) is 60.0 Å². The summed E-state index contributed by atoms with van der Waals surface area (Å²) in [4.78, 5) is 16.0. The van der Waals surface area contributed by atoms with Gasteiger partial charge in [-0.1, -0.05) is 140 Å². The number of fused-ring (bicyclic) bond motifs is 13. The van der Waals surface area contributed by atoms with E-state index in [1.807, 2.05) is 48.5 Å². The van der Waals surface area contributed by atoms with Crippen molar-refractivity contribution >= 4 is 96.8 Å². The van der Waals surface area contributed by atoms with Crippen LogP contribution in [0.15, 0.2) is 186 Å². The van der Waals surface area contributed by atoms with Crippen LogP contribution in [0.3, 0.4) is 0 Å². The molecule has 0 amide bonds. The zero-order valence-electron chi connectivity index (χ0n) is 31.4. The molecule has 4 aromatic heterocycles. The van der Waals surface area contributed by atoms with E-state index in [2.05, 4.69) is 138 Å². The molecule has 0 saturated heterocycles. The summed E-state index contributed by atoms with van der Waals surface area (Å²) in [6, 6.07) is 64.4. The van der Waals surface area contributed by atoms with Gasteiger partial charge in [-0.15, -0.1) is 11.3 Å².